The quantitative estimate of drug-likeness (QED) is 0.757. The second-order valence-electron chi connectivity index (χ2n) is 3.40. The topological polar surface area (TPSA) is 101 Å². The number of benzene rings is 1. The zero-order chi connectivity index (χ0) is 12.6. The molecule has 1 aliphatic heterocycles. The van der Waals surface area contributed by atoms with Crippen molar-refractivity contribution < 1.29 is 27.6 Å². The SMILES string of the molecule is O=C(O)C1Oc2ccccc2C=C1S(=O)(=O)O. The van der Waals surface area contributed by atoms with Gasteiger partial charge in [0.2, 0.25) is 6.10 Å². The van der Waals surface area contributed by atoms with Crippen LogP contribution in [0.1, 0.15) is 5.56 Å². The highest BCUT2D eigenvalue weighted by Crippen LogP contribution is 2.31. The van der Waals surface area contributed by atoms with Gasteiger partial charge in [0.15, 0.2) is 0 Å². The lowest BCUT2D eigenvalue weighted by atomic mass is 10.1. The number of carbonyl (C=O) groups is 1. The Morgan fingerprint density at radius 2 is 1.94 bits per heavy atom. The molecule has 0 fully saturated rings. The van der Waals surface area contributed by atoms with Gasteiger partial charge in [-0.2, -0.15) is 8.42 Å². The molecule has 1 aromatic rings. The van der Waals surface area contributed by atoms with Crippen molar-refractivity contribution in [3.63, 3.8) is 0 Å². The van der Waals surface area contributed by atoms with E-state index in [2.05, 4.69) is 0 Å². The highest BCUT2D eigenvalue weighted by atomic mass is 32.2. The molecule has 1 atom stereocenters. The summed E-state index contributed by atoms with van der Waals surface area (Å²) in [5, 5.41) is 8.86. The number of carboxylic acids is 1. The maximum Gasteiger partial charge on any atom is 0.350 e. The van der Waals surface area contributed by atoms with Gasteiger partial charge in [0, 0.05) is 5.56 Å². The Labute approximate surface area is 96.9 Å². The Morgan fingerprint density at radius 1 is 1.29 bits per heavy atom. The number of aliphatic carboxylic acids is 1. The van der Waals surface area contributed by atoms with E-state index in [0.717, 1.165) is 6.08 Å². The Bertz CT molecular complexity index is 601. The molecular formula is C10H8O6S. The highest BCUT2D eigenvalue weighted by molar-refractivity contribution is 7.90. The van der Waals surface area contributed by atoms with E-state index >= 15 is 0 Å². The van der Waals surface area contributed by atoms with Crippen LogP contribution in [0.2, 0.25) is 0 Å². The van der Waals surface area contributed by atoms with Crippen LogP contribution in [0, 0.1) is 0 Å². The van der Waals surface area contributed by atoms with Gasteiger partial charge >= 0.3 is 5.97 Å². The summed E-state index contributed by atoms with van der Waals surface area (Å²) in [7, 11) is -4.61. The van der Waals surface area contributed by atoms with E-state index in [0.29, 0.717) is 5.56 Å². The van der Waals surface area contributed by atoms with Crippen LogP contribution >= 0.6 is 0 Å². The predicted molar refractivity (Wildman–Crippen MR) is 58.0 cm³/mol. The van der Waals surface area contributed by atoms with E-state index in [1.165, 1.54) is 6.07 Å². The van der Waals surface area contributed by atoms with Crippen molar-refractivity contribution in [2.24, 2.45) is 0 Å². The number of fused-ring (bicyclic) bond motifs is 1. The van der Waals surface area contributed by atoms with E-state index in [1.54, 1.807) is 18.2 Å². The summed E-state index contributed by atoms with van der Waals surface area (Å²) in [6.07, 6.45) is -0.632. The average Bonchev–Trinajstić information content (AvgIpc) is 2.26. The second kappa shape index (κ2) is 3.86. The molecule has 1 aliphatic rings. The third kappa shape index (κ3) is 2.15. The van der Waals surface area contributed by atoms with E-state index in [1.807, 2.05) is 0 Å². The minimum Gasteiger partial charge on any atom is -0.478 e. The summed E-state index contributed by atoms with van der Waals surface area (Å²) in [4.78, 5) is 10.2. The fraction of sp³-hybridized carbons (Fsp3) is 0.100. The van der Waals surface area contributed by atoms with Crippen LogP contribution in [0.5, 0.6) is 5.75 Å². The molecule has 7 heteroatoms. The van der Waals surface area contributed by atoms with Crippen LogP contribution in [-0.2, 0) is 14.9 Å². The number of para-hydroxylation sites is 1. The largest absolute Gasteiger partial charge is 0.478 e. The van der Waals surface area contributed by atoms with E-state index in [-0.39, 0.29) is 5.75 Å². The summed E-state index contributed by atoms with van der Waals surface area (Å²) in [5.41, 5.74) is 0.401. The third-order valence-corrected chi connectivity index (χ3v) is 3.17. The summed E-state index contributed by atoms with van der Waals surface area (Å²) in [5.74, 6) is -1.23. The lowest BCUT2D eigenvalue weighted by Crippen LogP contribution is -2.34. The molecular weight excluding hydrogens is 248 g/mol. The summed E-state index contributed by atoms with van der Waals surface area (Å²) >= 11 is 0. The first-order chi connectivity index (χ1) is 7.89. The van der Waals surface area contributed by atoms with Gasteiger partial charge in [-0.25, -0.2) is 4.79 Å². The normalized spacial score (nSPS) is 18.9. The fourth-order valence-corrected chi connectivity index (χ4v) is 2.20. The van der Waals surface area contributed by atoms with Crippen molar-refractivity contribution in [2.45, 2.75) is 6.10 Å². The number of hydrogen-bond donors (Lipinski definition) is 2. The molecule has 2 N–H and O–H groups in total. The molecule has 6 nitrogen and oxygen atoms in total. The molecule has 0 aromatic heterocycles. The third-order valence-electron chi connectivity index (χ3n) is 2.24. The first kappa shape index (κ1) is 11.6. The first-order valence-electron chi connectivity index (χ1n) is 4.57. The molecule has 1 heterocycles. The molecule has 0 spiro atoms. The summed E-state index contributed by atoms with van der Waals surface area (Å²) < 4.78 is 36.1. The van der Waals surface area contributed by atoms with Gasteiger partial charge in [-0.15, -0.1) is 0 Å². The fourth-order valence-electron chi connectivity index (χ4n) is 1.50. The maximum atomic E-state index is 11.1. The van der Waals surface area contributed by atoms with Crippen molar-refractivity contribution in [1.82, 2.24) is 0 Å². The predicted octanol–water partition coefficient (Wildman–Crippen LogP) is 0.761. The molecule has 0 aliphatic carbocycles. The van der Waals surface area contributed by atoms with E-state index in [4.69, 9.17) is 14.4 Å². The summed E-state index contributed by atoms with van der Waals surface area (Å²) in [6.45, 7) is 0. The van der Waals surface area contributed by atoms with Gasteiger partial charge < -0.3 is 9.84 Å². The van der Waals surface area contributed by atoms with Crippen LogP contribution < -0.4 is 4.74 Å². The van der Waals surface area contributed by atoms with Crippen LogP contribution in [0.25, 0.3) is 6.08 Å². The monoisotopic (exact) mass is 256 g/mol. The average molecular weight is 256 g/mol. The molecule has 1 unspecified atom stereocenters. The zero-order valence-corrected chi connectivity index (χ0v) is 9.22. The molecule has 0 bridgehead atoms. The lowest BCUT2D eigenvalue weighted by molar-refractivity contribution is -0.143. The van der Waals surface area contributed by atoms with Crippen LogP contribution in [-0.4, -0.2) is 30.2 Å². The Hall–Kier alpha value is -1.86. The smallest absolute Gasteiger partial charge is 0.350 e. The van der Waals surface area contributed by atoms with Gasteiger partial charge in [-0.1, -0.05) is 18.2 Å². The maximum absolute atomic E-state index is 11.1. The number of ether oxygens (including phenoxy) is 1. The molecule has 0 saturated heterocycles. The van der Waals surface area contributed by atoms with E-state index < -0.39 is 27.1 Å². The molecule has 0 amide bonds. The molecule has 1 aromatic carbocycles. The van der Waals surface area contributed by atoms with Gasteiger partial charge in [-0.05, 0) is 12.1 Å². The first-order valence-corrected chi connectivity index (χ1v) is 6.01. The number of rotatable bonds is 2. The van der Waals surface area contributed by atoms with Crippen molar-refractivity contribution in [3.8, 4) is 5.75 Å². The van der Waals surface area contributed by atoms with Crippen molar-refractivity contribution in [3.05, 3.63) is 34.7 Å². The van der Waals surface area contributed by atoms with Crippen molar-refractivity contribution in [1.29, 1.82) is 0 Å². The van der Waals surface area contributed by atoms with E-state index in [9.17, 15) is 13.2 Å². The molecule has 90 valence electrons. The Balaban J connectivity index is 2.61. The molecule has 0 radical (unpaired) electrons. The van der Waals surface area contributed by atoms with Gasteiger partial charge in [0.1, 0.15) is 10.7 Å². The number of carboxylic acid groups (broad SMARTS) is 1. The van der Waals surface area contributed by atoms with Gasteiger partial charge in [0.25, 0.3) is 10.1 Å². The lowest BCUT2D eigenvalue weighted by Gasteiger charge is -2.22. The van der Waals surface area contributed by atoms with Gasteiger partial charge in [-0.3, -0.25) is 4.55 Å². The van der Waals surface area contributed by atoms with Crippen LogP contribution in [0.15, 0.2) is 29.2 Å². The van der Waals surface area contributed by atoms with Crippen molar-refractivity contribution >= 4 is 22.2 Å². The van der Waals surface area contributed by atoms with Gasteiger partial charge in [0.05, 0.1) is 0 Å². The number of hydrogen-bond acceptors (Lipinski definition) is 4. The van der Waals surface area contributed by atoms with Crippen LogP contribution in [0.3, 0.4) is 0 Å². The Kier molecular flexibility index (Phi) is 2.64. The standard InChI is InChI=1S/C10H8O6S/c11-10(12)9-8(17(13,14)15)5-6-3-1-2-4-7(6)16-9/h1-5,9H,(H,11,12)(H,13,14,15). The Morgan fingerprint density at radius 3 is 2.53 bits per heavy atom. The molecule has 17 heavy (non-hydrogen) atoms. The minimum absolute atomic E-state index is 0.257. The molecule has 2 rings (SSSR count). The van der Waals surface area contributed by atoms with Crippen LogP contribution in [0.4, 0.5) is 0 Å². The second-order valence-corrected chi connectivity index (χ2v) is 4.82. The minimum atomic E-state index is -4.61. The molecule has 0 saturated carbocycles. The zero-order valence-electron chi connectivity index (χ0n) is 8.40. The van der Waals surface area contributed by atoms with Crippen molar-refractivity contribution in [2.75, 3.05) is 0 Å². The summed E-state index contributed by atoms with van der Waals surface area (Å²) in [6, 6.07) is 6.34. The highest BCUT2D eigenvalue weighted by Gasteiger charge is 2.36.